The minimum absolute atomic E-state index is 0.0252. The Morgan fingerprint density at radius 1 is 0.729 bits per heavy atom. The molecule has 2 fully saturated rings. The molecule has 0 N–H and O–H groups in total. The normalized spacial score (nSPS) is 25.5. The Morgan fingerprint density at radius 2 is 1.23 bits per heavy atom. The lowest BCUT2D eigenvalue weighted by atomic mass is 9.77. The molecule has 0 spiro atoms. The van der Waals surface area contributed by atoms with E-state index in [-0.39, 0.29) is 53.4 Å². The molecule has 1 aromatic heterocycles. The monoisotopic (exact) mass is 707 g/mol. The molecule has 0 aliphatic heterocycles. The summed E-state index contributed by atoms with van der Waals surface area (Å²) in [5.41, 5.74) is 0.155. The van der Waals surface area contributed by atoms with Crippen LogP contribution < -0.4 is 0 Å². The molecule has 0 saturated heterocycles. The van der Waals surface area contributed by atoms with Gasteiger partial charge in [0, 0.05) is 23.7 Å². The van der Waals surface area contributed by atoms with Crippen molar-refractivity contribution in [2.75, 3.05) is 28.2 Å². The number of alkyl halides is 6. The van der Waals surface area contributed by atoms with Crippen molar-refractivity contribution in [1.82, 2.24) is 14.8 Å². The molecule has 0 amide bonds. The molecule has 2 aliphatic carbocycles. The van der Waals surface area contributed by atoms with E-state index in [1.54, 1.807) is 13.0 Å². The Kier molecular flexibility index (Phi) is 14.2. The standard InChI is InChI=1S/C19H28F3NO.C17H24ClF3N2O/c1-12(2)24-18-10-9-14(11-17(18)23(4)5)15-7-6-8-16(13(15)3)19(20,21)22;1-10(2)24-15-8-5-11(9-14(15)23(3)4)13-7-6-12(18)16(22-13)17(19,20)21/h6-8,12,14,17-18H,9-11H2,1-5H3;6-7,10-11,14-15H,5,8-9H2,1-4H3/t14-,17-,18-;11-,14-,15-/m00/s1. The molecule has 4 rings (SSSR count). The number of likely N-dealkylation sites (N-methyl/N-ethyl adjacent to an activating group) is 2. The van der Waals surface area contributed by atoms with Crippen LogP contribution in [0, 0.1) is 6.92 Å². The van der Waals surface area contributed by atoms with Crippen molar-refractivity contribution in [3.05, 3.63) is 63.4 Å². The predicted octanol–water partition coefficient (Wildman–Crippen LogP) is 9.75. The third-order valence-corrected chi connectivity index (χ3v) is 9.71. The van der Waals surface area contributed by atoms with Crippen LogP contribution in [0.4, 0.5) is 26.3 Å². The van der Waals surface area contributed by atoms with Gasteiger partial charge in [0.1, 0.15) is 0 Å². The number of hydrogen-bond acceptors (Lipinski definition) is 5. The van der Waals surface area contributed by atoms with Gasteiger partial charge in [0.15, 0.2) is 5.69 Å². The van der Waals surface area contributed by atoms with Gasteiger partial charge in [-0.15, -0.1) is 0 Å². The van der Waals surface area contributed by atoms with Crippen LogP contribution in [0.2, 0.25) is 5.02 Å². The summed E-state index contributed by atoms with van der Waals surface area (Å²) in [6.45, 7) is 9.63. The van der Waals surface area contributed by atoms with Crippen LogP contribution in [0.5, 0.6) is 0 Å². The van der Waals surface area contributed by atoms with Crippen molar-refractivity contribution in [2.24, 2.45) is 0 Å². The Morgan fingerprint density at radius 3 is 1.69 bits per heavy atom. The summed E-state index contributed by atoms with van der Waals surface area (Å²) in [6.07, 6.45) is -3.47. The van der Waals surface area contributed by atoms with Gasteiger partial charge in [0.25, 0.3) is 0 Å². The van der Waals surface area contributed by atoms with E-state index in [4.69, 9.17) is 21.1 Å². The molecule has 2 saturated carbocycles. The molecule has 0 unspecified atom stereocenters. The van der Waals surface area contributed by atoms with Gasteiger partial charge in [-0.25, -0.2) is 4.98 Å². The minimum Gasteiger partial charge on any atom is -0.374 e. The molecule has 1 aromatic carbocycles. The van der Waals surface area contributed by atoms with Crippen LogP contribution in [-0.4, -0.2) is 79.5 Å². The maximum atomic E-state index is 13.2. The molecular weight excluding hydrogens is 656 g/mol. The summed E-state index contributed by atoms with van der Waals surface area (Å²) >= 11 is 5.67. The van der Waals surface area contributed by atoms with Crippen LogP contribution in [-0.2, 0) is 21.8 Å². The van der Waals surface area contributed by atoms with Crippen LogP contribution in [0.25, 0.3) is 0 Å². The number of hydrogen-bond donors (Lipinski definition) is 0. The summed E-state index contributed by atoms with van der Waals surface area (Å²) in [7, 11) is 7.98. The van der Waals surface area contributed by atoms with Gasteiger partial charge in [0.05, 0.1) is 35.0 Å². The molecule has 6 atom stereocenters. The average Bonchev–Trinajstić information content (AvgIpc) is 2.96. The second-order valence-corrected chi connectivity index (χ2v) is 14.5. The lowest BCUT2D eigenvalue weighted by Gasteiger charge is -2.41. The number of aromatic nitrogens is 1. The zero-order chi connectivity index (χ0) is 36.1. The van der Waals surface area contributed by atoms with Gasteiger partial charge in [0.2, 0.25) is 0 Å². The average molecular weight is 708 g/mol. The van der Waals surface area contributed by atoms with E-state index in [0.717, 1.165) is 44.1 Å². The number of pyridine rings is 1. The van der Waals surface area contributed by atoms with Gasteiger partial charge in [-0.3, -0.25) is 0 Å². The second kappa shape index (κ2) is 16.9. The van der Waals surface area contributed by atoms with Gasteiger partial charge >= 0.3 is 12.4 Å². The highest BCUT2D eigenvalue weighted by atomic mass is 35.5. The molecule has 272 valence electrons. The van der Waals surface area contributed by atoms with Gasteiger partial charge in [-0.1, -0.05) is 23.7 Å². The number of nitrogens with zero attached hydrogens (tertiary/aromatic N) is 3. The van der Waals surface area contributed by atoms with E-state index in [1.165, 1.54) is 18.2 Å². The largest absolute Gasteiger partial charge is 0.434 e. The molecule has 48 heavy (non-hydrogen) atoms. The summed E-state index contributed by atoms with van der Waals surface area (Å²) in [5.74, 6) is 0.120. The first kappa shape index (κ1) is 40.5. The number of halogens is 7. The van der Waals surface area contributed by atoms with E-state index in [0.29, 0.717) is 11.3 Å². The smallest absolute Gasteiger partial charge is 0.374 e. The fourth-order valence-electron chi connectivity index (χ4n) is 7.18. The van der Waals surface area contributed by atoms with Crippen LogP contribution in [0.3, 0.4) is 0 Å². The van der Waals surface area contributed by atoms with E-state index in [2.05, 4.69) is 14.8 Å². The first-order valence-corrected chi connectivity index (χ1v) is 17.1. The second-order valence-electron chi connectivity index (χ2n) is 14.1. The van der Waals surface area contributed by atoms with Crippen molar-refractivity contribution < 1.29 is 35.8 Å². The van der Waals surface area contributed by atoms with Crippen molar-refractivity contribution in [3.63, 3.8) is 0 Å². The van der Waals surface area contributed by atoms with Gasteiger partial charge in [-0.05, 0) is 137 Å². The van der Waals surface area contributed by atoms with Crippen LogP contribution >= 0.6 is 11.6 Å². The Balaban J connectivity index is 0.000000260. The van der Waals surface area contributed by atoms with E-state index in [1.807, 2.05) is 62.0 Å². The molecule has 5 nitrogen and oxygen atoms in total. The van der Waals surface area contributed by atoms with Crippen LogP contribution in [0.15, 0.2) is 30.3 Å². The fourth-order valence-corrected chi connectivity index (χ4v) is 7.39. The lowest BCUT2D eigenvalue weighted by molar-refractivity contribution is -0.141. The lowest BCUT2D eigenvalue weighted by Crippen LogP contribution is -2.45. The van der Waals surface area contributed by atoms with Crippen molar-refractivity contribution in [2.45, 2.75) is 134 Å². The molecule has 0 bridgehead atoms. The highest BCUT2D eigenvalue weighted by Gasteiger charge is 2.39. The maximum absolute atomic E-state index is 13.2. The molecular formula is C36H52ClF6N3O2. The third-order valence-electron chi connectivity index (χ3n) is 9.41. The number of ether oxygens (including phenoxy) is 2. The summed E-state index contributed by atoms with van der Waals surface area (Å²) in [6, 6.07) is 7.85. The fraction of sp³-hybridized carbons (Fsp3) is 0.694. The molecule has 2 aliphatic rings. The van der Waals surface area contributed by atoms with Crippen molar-refractivity contribution >= 4 is 11.6 Å². The van der Waals surface area contributed by atoms with Crippen LogP contribution in [0.1, 0.15) is 106 Å². The zero-order valence-corrected chi connectivity index (χ0v) is 30.3. The van der Waals surface area contributed by atoms with Crippen molar-refractivity contribution in [3.8, 4) is 0 Å². The SMILES string of the molecule is CC(C)O[C@H]1CC[C@H](c2ccc(Cl)c(C(F)(F)F)n2)C[C@@H]1N(C)C.Cc1c([C@H]2CC[C@H](OC(C)C)[C@@H](N(C)C)C2)cccc1C(F)(F)F. The zero-order valence-electron chi connectivity index (χ0n) is 29.6. The number of benzene rings is 1. The summed E-state index contributed by atoms with van der Waals surface area (Å²) in [5, 5.41) is -0.354. The maximum Gasteiger partial charge on any atom is 0.434 e. The first-order valence-electron chi connectivity index (χ1n) is 16.7. The Labute approximate surface area is 287 Å². The molecule has 1 heterocycles. The topological polar surface area (TPSA) is 37.8 Å². The van der Waals surface area contributed by atoms with E-state index in [9.17, 15) is 26.3 Å². The first-order chi connectivity index (χ1) is 22.2. The van der Waals surface area contributed by atoms with Gasteiger partial charge in [-0.2, -0.15) is 26.3 Å². The number of rotatable bonds is 8. The Bertz CT molecular complexity index is 1310. The third kappa shape index (κ3) is 10.8. The highest BCUT2D eigenvalue weighted by molar-refractivity contribution is 6.31. The minimum atomic E-state index is -4.54. The molecule has 0 radical (unpaired) electrons. The summed E-state index contributed by atoms with van der Waals surface area (Å²) < 4.78 is 90.6. The van der Waals surface area contributed by atoms with E-state index >= 15 is 0 Å². The summed E-state index contributed by atoms with van der Waals surface area (Å²) in [4.78, 5) is 8.05. The molecule has 2 aromatic rings. The van der Waals surface area contributed by atoms with Gasteiger partial charge < -0.3 is 19.3 Å². The Hall–Kier alpha value is -1.92. The quantitative estimate of drug-likeness (QED) is 0.256. The van der Waals surface area contributed by atoms with E-state index < -0.39 is 23.6 Å². The molecule has 12 heteroatoms. The predicted molar refractivity (Wildman–Crippen MR) is 179 cm³/mol. The highest BCUT2D eigenvalue weighted by Crippen LogP contribution is 2.42. The van der Waals surface area contributed by atoms with Crippen molar-refractivity contribution in [1.29, 1.82) is 0 Å².